The predicted molar refractivity (Wildman–Crippen MR) is 138 cm³/mol. The number of amides is 2. The lowest BCUT2D eigenvalue weighted by Crippen LogP contribution is -2.21. The second kappa shape index (κ2) is 11.3. The highest BCUT2D eigenvalue weighted by atomic mass is 79.9. The van der Waals surface area contributed by atoms with Gasteiger partial charge in [-0.1, -0.05) is 51.3 Å². The van der Waals surface area contributed by atoms with Crippen molar-refractivity contribution in [2.45, 2.75) is 20.8 Å². The summed E-state index contributed by atoms with van der Waals surface area (Å²) < 4.78 is 6.47. The molecule has 0 aliphatic carbocycles. The molecule has 2 N–H and O–H groups in total. The molecule has 0 fully saturated rings. The van der Waals surface area contributed by atoms with Crippen molar-refractivity contribution in [2.24, 2.45) is 0 Å². The van der Waals surface area contributed by atoms with Gasteiger partial charge in [0, 0.05) is 21.4 Å². The Morgan fingerprint density at radius 1 is 0.971 bits per heavy atom. The normalized spacial score (nSPS) is 10.9. The number of hydrogen-bond acceptors (Lipinski definition) is 4. The first kappa shape index (κ1) is 24.7. The molecule has 3 aromatic rings. The SMILES string of the molecule is Cc1ccc(NC(=O)/C(C#N)=C\c2cc(Br)ccc2OCC(=O)Nc2ccc(C)cc2C)cc1. The standard InChI is InChI=1S/C27H24BrN3O3/c1-17-4-8-23(9-5-17)30-27(33)21(15-29)13-20-14-22(28)7-11-25(20)34-16-26(32)31-24-10-6-18(2)12-19(24)3/h4-14H,16H2,1-3H3,(H,30,33)(H,31,32)/b21-13-. The van der Waals surface area contributed by atoms with Crippen molar-refractivity contribution >= 4 is 45.2 Å². The highest BCUT2D eigenvalue weighted by Crippen LogP contribution is 2.26. The molecule has 0 atom stereocenters. The number of nitrogens with one attached hydrogen (secondary N) is 2. The molecule has 0 heterocycles. The maximum absolute atomic E-state index is 12.6. The van der Waals surface area contributed by atoms with Gasteiger partial charge >= 0.3 is 0 Å². The van der Waals surface area contributed by atoms with E-state index in [0.717, 1.165) is 26.9 Å². The van der Waals surface area contributed by atoms with Crippen LogP contribution in [0.5, 0.6) is 5.75 Å². The summed E-state index contributed by atoms with van der Waals surface area (Å²) in [5, 5.41) is 15.1. The van der Waals surface area contributed by atoms with Crippen LogP contribution < -0.4 is 15.4 Å². The molecule has 0 aliphatic rings. The Hall–Kier alpha value is -3.89. The van der Waals surface area contributed by atoms with Crippen LogP contribution in [0, 0.1) is 32.1 Å². The zero-order valence-corrected chi connectivity index (χ0v) is 20.7. The molecule has 3 aromatic carbocycles. The van der Waals surface area contributed by atoms with Crippen LogP contribution in [0.15, 0.2) is 70.7 Å². The van der Waals surface area contributed by atoms with E-state index in [1.165, 1.54) is 6.08 Å². The molecule has 2 amide bonds. The highest BCUT2D eigenvalue weighted by Gasteiger charge is 2.13. The van der Waals surface area contributed by atoms with E-state index in [1.807, 2.05) is 57.2 Å². The van der Waals surface area contributed by atoms with Gasteiger partial charge in [0.05, 0.1) is 0 Å². The number of ether oxygens (including phenoxy) is 1. The molecule has 34 heavy (non-hydrogen) atoms. The highest BCUT2D eigenvalue weighted by molar-refractivity contribution is 9.10. The molecule has 7 heteroatoms. The van der Waals surface area contributed by atoms with Crippen LogP contribution >= 0.6 is 15.9 Å². The number of nitrogens with zero attached hydrogens (tertiary/aromatic N) is 1. The number of halogens is 1. The van der Waals surface area contributed by atoms with Crippen LogP contribution in [0.1, 0.15) is 22.3 Å². The topological polar surface area (TPSA) is 91.2 Å². The summed E-state index contributed by atoms with van der Waals surface area (Å²) >= 11 is 3.40. The largest absolute Gasteiger partial charge is 0.483 e. The van der Waals surface area contributed by atoms with Crippen LogP contribution in [0.4, 0.5) is 11.4 Å². The van der Waals surface area contributed by atoms with Gasteiger partial charge in [-0.15, -0.1) is 0 Å². The minimum atomic E-state index is -0.537. The fourth-order valence-electron chi connectivity index (χ4n) is 3.19. The van der Waals surface area contributed by atoms with Gasteiger partial charge in [0.15, 0.2) is 6.61 Å². The number of rotatable bonds is 7. The van der Waals surface area contributed by atoms with Crippen LogP contribution in [-0.4, -0.2) is 18.4 Å². The summed E-state index contributed by atoms with van der Waals surface area (Å²) in [6, 6.07) is 20.1. The molecule has 0 saturated heterocycles. The fourth-order valence-corrected chi connectivity index (χ4v) is 3.57. The summed E-state index contributed by atoms with van der Waals surface area (Å²) in [6.45, 7) is 5.63. The first-order chi connectivity index (χ1) is 16.2. The van der Waals surface area contributed by atoms with Crippen molar-refractivity contribution in [3.8, 4) is 11.8 Å². The van der Waals surface area contributed by atoms with Gasteiger partial charge in [-0.25, -0.2) is 0 Å². The lowest BCUT2D eigenvalue weighted by atomic mass is 10.1. The van der Waals surface area contributed by atoms with Crippen molar-refractivity contribution in [1.82, 2.24) is 0 Å². The molecule has 0 aliphatic heterocycles. The van der Waals surface area contributed by atoms with Crippen LogP contribution in [0.3, 0.4) is 0 Å². The van der Waals surface area contributed by atoms with Gasteiger partial charge in [-0.2, -0.15) is 5.26 Å². The molecule has 172 valence electrons. The molecule has 0 aromatic heterocycles. The monoisotopic (exact) mass is 517 g/mol. The van der Waals surface area contributed by atoms with Crippen LogP contribution in [0.25, 0.3) is 6.08 Å². The maximum atomic E-state index is 12.6. The molecule has 0 saturated carbocycles. The molecular formula is C27H24BrN3O3. The van der Waals surface area contributed by atoms with Gasteiger partial charge in [0.25, 0.3) is 11.8 Å². The third kappa shape index (κ3) is 6.80. The Bertz CT molecular complexity index is 1290. The number of carbonyl (C=O) groups is 2. The average molecular weight is 518 g/mol. The van der Waals surface area contributed by atoms with Crippen LogP contribution in [0.2, 0.25) is 0 Å². The van der Waals surface area contributed by atoms with Crippen LogP contribution in [-0.2, 0) is 9.59 Å². The molecule has 0 bridgehead atoms. The Morgan fingerprint density at radius 3 is 2.35 bits per heavy atom. The first-order valence-electron chi connectivity index (χ1n) is 10.5. The summed E-state index contributed by atoms with van der Waals surface area (Å²) in [6.07, 6.45) is 1.44. The van der Waals surface area contributed by atoms with Crippen molar-refractivity contribution in [3.63, 3.8) is 0 Å². The molecule has 3 rings (SSSR count). The number of anilines is 2. The molecule has 0 unspecified atom stereocenters. The maximum Gasteiger partial charge on any atom is 0.266 e. The van der Waals surface area contributed by atoms with Gasteiger partial charge in [0.2, 0.25) is 0 Å². The van der Waals surface area contributed by atoms with Gasteiger partial charge in [0.1, 0.15) is 17.4 Å². The Labute approximate surface area is 207 Å². The minimum absolute atomic E-state index is 0.0942. The summed E-state index contributed by atoms with van der Waals surface area (Å²) in [5.41, 5.74) is 4.83. The van der Waals surface area contributed by atoms with E-state index in [0.29, 0.717) is 17.0 Å². The number of carbonyl (C=O) groups excluding carboxylic acids is 2. The third-order valence-electron chi connectivity index (χ3n) is 4.96. The zero-order chi connectivity index (χ0) is 24.7. The third-order valence-corrected chi connectivity index (χ3v) is 5.45. The van der Waals surface area contributed by atoms with E-state index in [4.69, 9.17) is 4.74 Å². The summed E-state index contributed by atoms with van der Waals surface area (Å²) in [5.74, 6) is -0.484. The van der Waals surface area contributed by atoms with Gasteiger partial charge < -0.3 is 15.4 Å². The number of benzene rings is 3. The quantitative estimate of drug-likeness (QED) is 0.299. The van der Waals surface area contributed by atoms with Gasteiger partial charge in [-0.05, 0) is 68.8 Å². The van der Waals surface area contributed by atoms with E-state index >= 15 is 0 Å². The lowest BCUT2D eigenvalue weighted by molar-refractivity contribution is -0.118. The molecule has 0 spiro atoms. The molecule has 6 nitrogen and oxygen atoms in total. The summed E-state index contributed by atoms with van der Waals surface area (Å²) in [7, 11) is 0. The molecule has 0 radical (unpaired) electrons. The van der Waals surface area contributed by atoms with E-state index in [2.05, 4.69) is 26.6 Å². The van der Waals surface area contributed by atoms with E-state index < -0.39 is 5.91 Å². The lowest BCUT2D eigenvalue weighted by Gasteiger charge is -2.12. The van der Waals surface area contributed by atoms with Crippen molar-refractivity contribution in [2.75, 3.05) is 17.2 Å². The second-order valence-electron chi connectivity index (χ2n) is 7.83. The van der Waals surface area contributed by atoms with Crippen molar-refractivity contribution in [3.05, 3.63) is 93.0 Å². The zero-order valence-electron chi connectivity index (χ0n) is 19.1. The number of nitriles is 1. The smallest absolute Gasteiger partial charge is 0.266 e. The first-order valence-corrected chi connectivity index (χ1v) is 11.3. The predicted octanol–water partition coefficient (Wildman–Crippen LogP) is 5.94. The number of aryl methyl sites for hydroxylation is 3. The minimum Gasteiger partial charge on any atom is -0.483 e. The Balaban J connectivity index is 1.74. The fraction of sp³-hybridized carbons (Fsp3) is 0.148. The van der Waals surface area contributed by atoms with E-state index in [1.54, 1.807) is 30.3 Å². The average Bonchev–Trinajstić information content (AvgIpc) is 2.80. The van der Waals surface area contributed by atoms with E-state index in [9.17, 15) is 14.9 Å². The Morgan fingerprint density at radius 2 is 1.68 bits per heavy atom. The Kier molecular flexibility index (Phi) is 8.23. The van der Waals surface area contributed by atoms with Crippen molar-refractivity contribution < 1.29 is 14.3 Å². The summed E-state index contributed by atoms with van der Waals surface area (Å²) in [4.78, 5) is 25.1. The van der Waals surface area contributed by atoms with Gasteiger partial charge in [-0.3, -0.25) is 9.59 Å². The second-order valence-corrected chi connectivity index (χ2v) is 8.74. The number of hydrogen-bond donors (Lipinski definition) is 2. The van der Waals surface area contributed by atoms with Crippen molar-refractivity contribution in [1.29, 1.82) is 5.26 Å². The molecular weight excluding hydrogens is 494 g/mol. The van der Waals surface area contributed by atoms with E-state index in [-0.39, 0.29) is 18.1 Å².